The summed E-state index contributed by atoms with van der Waals surface area (Å²) in [5, 5.41) is 24.0. The summed E-state index contributed by atoms with van der Waals surface area (Å²) in [7, 11) is 0. The van der Waals surface area contributed by atoms with E-state index in [4.69, 9.17) is 9.84 Å². The number of fused-ring (bicyclic) bond motifs is 3. The zero-order chi connectivity index (χ0) is 24.8. The molecule has 0 spiro atoms. The van der Waals surface area contributed by atoms with Gasteiger partial charge in [-0.2, -0.15) is 0 Å². The number of hydrogen-bond acceptors (Lipinski definition) is 5. The van der Waals surface area contributed by atoms with Crippen molar-refractivity contribution in [2.45, 2.75) is 44.1 Å². The quantitative estimate of drug-likeness (QED) is 0.391. The van der Waals surface area contributed by atoms with Gasteiger partial charge in [0.2, 0.25) is 5.91 Å². The molecule has 4 N–H and O–H groups in total. The lowest BCUT2D eigenvalue weighted by atomic mass is 9.76. The molecule has 2 aromatic carbocycles. The molecule has 2 amide bonds. The van der Waals surface area contributed by atoms with E-state index in [1.165, 1.54) is 0 Å². The molecule has 2 aliphatic carbocycles. The average Bonchev–Trinajstić information content (AvgIpc) is 3.15. The Labute approximate surface area is 204 Å². The molecule has 2 atom stereocenters. The highest BCUT2D eigenvalue weighted by Gasteiger charge is 2.31. The highest BCUT2D eigenvalue weighted by Crippen LogP contribution is 2.44. The van der Waals surface area contributed by atoms with Crippen LogP contribution in [-0.2, 0) is 14.3 Å². The van der Waals surface area contributed by atoms with E-state index in [9.17, 15) is 19.5 Å². The number of aliphatic hydroxyl groups is 1. The molecule has 8 heteroatoms. The Kier molecular flexibility index (Phi) is 8.02. The van der Waals surface area contributed by atoms with E-state index in [2.05, 4.69) is 10.6 Å². The molecule has 0 bridgehead atoms. The Morgan fingerprint density at radius 2 is 1.63 bits per heavy atom. The molecule has 4 rings (SSSR count). The van der Waals surface area contributed by atoms with Gasteiger partial charge < -0.3 is 25.6 Å². The van der Waals surface area contributed by atoms with Gasteiger partial charge in [0.05, 0.1) is 0 Å². The van der Waals surface area contributed by atoms with Gasteiger partial charge in [0.1, 0.15) is 12.6 Å². The third kappa shape index (κ3) is 5.82. The topological polar surface area (TPSA) is 125 Å². The predicted octanol–water partition coefficient (Wildman–Crippen LogP) is 3.28. The molecule has 8 nitrogen and oxygen atoms in total. The van der Waals surface area contributed by atoms with Crippen LogP contribution in [0.5, 0.6) is 0 Å². The van der Waals surface area contributed by atoms with Crippen molar-refractivity contribution in [3.8, 4) is 11.1 Å². The lowest BCUT2D eigenvalue weighted by Crippen LogP contribution is -2.49. The SMILES string of the molecule is O=C(O)CCC(NC(=O)OCC1c2ccccc2-c2ccccc21)C(=O)NCC(CO)C1CCC1. The number of rotatable bonds is 11. The largest absolute Gasteiger partial charge is 0.481 e. The maximum Gasteiger partial charge on any atom is 0.407 e. The number of carbonyl (C=O) groups is 3. The van der Waals surface area contributed by atoms with Crippen LogP contribution < -0.4 is 10.6 Å². The van der Waals surface area contributed by atoms with E-state index < -0.39 is 24.0 Å². The number of ether oxygens (including phenoxy) is 1. The molecular weight excluding hydrogens is 448 g/mol. The minimum absolute atomic E-state index is 0.0233. The number of nitrogens with one attached hydrogen (secondary N) is 2. The molecule has 2 aromatic rings. The molecule has 1 fully saturated rings. The van der Waals surface area contributed by atoms with Crippen molar-refractivity contribution >= 4 is 18.0 Å². The van der Waals surface area contributed by atoms with Gasteiger partial charge in [-0.05, 0) is 34.6 Å². The molecule has 1 saturated carbocycles. The van der Waals surface area contributed by atoms with Gasteiger partial charge in [-0.3, -0.25) is 9.59 Å². The van der Waals surface area contributed by atoms with Gasteiger partial charge in [-0.15, -0.1) is 0 Å². The Hall–Kier alpha value is -3.39. The first-order valence-electron chi connectivity index (χ1n) is 12.2. The summed E-state index contributed by atoms with van der Waals surface area (Å²) >= 11 is 0. The number of carboxylic acid groups (broad SMARTS) is 1. The van der Waals surface area contributed by atoms with Crippen LogP contribution in [0.25, 0.3) is 11.1 Å². The highest BCUT2D eigenvalue weighted by molar-refractivity contribution is 5.86. The second-order valence-electron chi connectivity index (χ2n) is 9.33. The molecular formula is C27H32N2O6. The minimum atomic E-state index is -1.06. The molecule has 0 heterocycles. The van der Waals surface area contributed by atoms with Crippen molar-refractivity contribution in [1.82, 2.24) is 10.6 Å². The summed E-state index contributed by atoms with van der Waals surface area (Å²) in [5.74, 6) is -1.31. The van der Waals surface area contributed by atoms with Crippen molar-refractivity contribution in [3.63, 3.8) is 0 Å². The first-order valence-corrected chi connectivity index (χ1v) is 12.2. The number of benzene rings is 2. The van der Waals surface area contributed by atoms with Gasteiger partial charge in [-0.1, -0.05) is 67.8 Å². The lowest BCUT2D eigenvalue weighted by molar-refractivity contribution is -0.137. The van der Waals surface area contributed by atoms with Crippen LogP contribution in [0, 0.1) is 11.8 Å². The Balaban J connectivity index is 1.36. The normalized spacial score (nSPS) is 16.4. The summed E-state index contributed by atoms with van der Waals surface area (Å²) in [4.78, 5) is 36.5. The van der Waals surface area contributed by atoms with E-state index in [1.54, 1.807) is 0 Å². The summed E-state index contributed by atoms with van der Waals surface area (Å²) in [6.45, 7) is 0.363. The van der Waals surface area contributed by atoms with E-state index >= 15 is 0 Å². The summed E-state index contributed by atoms with van der Waals surface area (Å²) in [5.41, 5.74) is 4.38. The molecule has 35 heavy (non-hydrogen) atoms. The molecule has 186 valence electrons. The van der Waals surface area contributed by atoms with E-state index in [0.717, 1.165) is 41.5 Å². The average molecular weight is 481 g/mol. The van der Waals surface area contributed by atoms with Crippen LogP contribution in [0.4, 0.5) is 4.79 Å². The fourth-order valence-corrected chi connectivity index (χ4v) is 4.97. The van der Waals surface area contributed by atoms with Crippen LogP contribution in [-0.4, -0.2) is 54.0 Å². The fraction of sp³-hybridized carbons (Fsp3) is 0.444. The monoisotopic (exact) mass is 480 g/mol. The van der Waals surface area contributed by atoms with Crippen molar-refractivity contribution in [2.24, 2.45) is 11.8 Å². The van der Waals surface area contributed by atoms with E-state index in [0.29, 0.717) is 5.92 Å². The predicted molar refractivity (Wildman–Crippen MR) is 130 cm³/mol. The van der Waals surface area contributed by atoms with Crippen LogP contribution >= 0.6 is 0 Å². The number of hydrogen-bond donors (Lipinski definition) is 4. The molecule has 2 unspecified atom stereocenters. The molecule has 0 aromatic heterocycles. The van der Waals surface area contributed by atoms with E-state index in [-0.39, 0.29) is 44.4 Å². The Bertz CT molecular complexity index is 1020. The van der Waals surface area contributed by atoms with E-state index in [1.807, 2.05) is 48.5 Å². The zero-order valence-electron chi connectivity index (χ0n) is 19.6. The standard InChI is InChI=1S/C27H32N2O6/c30-15-18(17-6-5-7-17)14-28-26(33)24(12-13-25(31)32)29-27(34)35-16-23-21-10-3-1-8-19(21)20-9-2-4-11-22(20)23/h1-4,8-11,17-18,23-24,30H,5-7,12-16H2,(H,28,33)(H,29,34)(H,31,32). The third-order valence-corrected chi connectivity index (χ3v) is 7.19. The van der Waals surface area contributed by atoms with Crippen LogP contribution in [0.15, 0.2) is 48.5 Å². The van der Waals surface area contributed by atoms with Gasteiger partial charge in [0, 0.05) is 31.4 Å². The van der Waals surface area contributed by atoms with Crippen LogP contribution in [0.2, 0.25) is 0 Å². The maximum atomic E-state index is 12.8. The van der Waals surface area contributed by atoms with Crippen molar-refractivity contribution < 1.29 is 29.3 Å². The van der Waals surface area contributed by atoms with Crippen molar-refractivity contribution in [2.75, 3.05) is 19.8 Å². The smallest absolute Gasteiger partial charge is 0.407 e. The molecule has 0 aliphatic heterocycles. The van der Waals surface area contributed by atoms with Gasteiger partial charge in [0.15, 0.2) is 0 Å². The number of alkyl carbamates (subject to hydrolysis) is 1. The van der Waals surface area contributed by atoms with Crippen molar-refractivity contribution in [3.05, 3.63) is 59.7 Å². The highest BCUT2D eigenvalue weighted by atomic mass is 16.5. The summed E-state index contributed by atoms with van der Waals surface area (Å²) in [6, 6.07) is 14.9. The number of aliphatic hydroxyl groups excluding tert-OH is 1. The minimum Gasteiger partial charge on any atom is -0.481 e. The van der Waals surface area contributed by atoms with Crippen molar-refractivity contribution in [1.29, 1.82) is 0 Å². The van der Waals surface area contributed by atoms with Gasteiger partial charge >= 0.3 is 12.1 Å². The maximum absolute atomic E-state index is 12.8. The summed E-state index contributed by atoms with van der Waals surface area (Å²) in [6.07, 6.45) is 2.09. The fourth-order valence-electron chi connectivity index (χ4n) is 4.97. The Morgan fingerprint density at radius 1 is 1.00 bits per heavy atom. The second-order valence-corrected chi connectivity index (χ2v) is 9.33. The first-order chi connectivity index (χ1) is 17.0. The number of carbonyl (C=O) groups excluding carboxylic acids is 2. The van der Waals surface area contributed by atoms with Gasteiger partial charge in [0.25, 0.3) is 0 Å². The number of carboxylic acids is 1. The van der Waals surface area contributed by atoms with Crippen LogP contribution in [0.1, 0.15) is 49.1 Å². The molecule has 2 aliphatic rings. The van der Waals surface area contributed by atoms with Crippen LogP contribution in [0.3, 0.4) is 0 Å². The molecule has 0 saturated heterocycles. The number of aliphatic carboxylic acids is 1. The summed E-state index contributed by atoms with van der Waals surface area (Å²) < 4.78 is 5.52. The van der Waals surface area contributed by atoms with Gasteiger partial charge in [-0.25, -0.2) is 4.79 Å². The first kappa shape index (κ1) is 24.7. The Morgan fingerprint density at radius 3 is 2.17 bits per heavy atom. The lowest BCUT2D eigenvalue weighted by Gasteiger charge is -2.33. The third-order valence-electron chi connectivity index (χ3n) is 7.19. The number of amides is 2. The zero-order valence-corrected chi connectivity index (χ0v) is 19.6. The second kappa shape index (κ2) is 11.4. The molecule has 0 radical (unpaired) electrons.